The largest absolute Gasteiger partial charge is 0.497 e. The third kappa shape index (κ3) is 4.78. The van der Waals surface area contributed by atoms with Crippen LogP contribution in [0.25, 0.3) is 16.9 Å². The molecule has 0 saturated carbocycles. The van der Waals surface area contributed by atoms with Gasteiger partial charge in [0.15, 0.2) is 0 Å². The number of methoxy groups -OCH3 is 1. The first-order chi connectivity index (χ1) is 15.1. The first kappa shape index (κ1) is 21.5. The Balaban J connectivity index is 1.67. The minimum atomic E-state index is -0.0476. The average molecular weight is 438 g/mol. The van der Waals surface area contributed by atoms with Crippen molar-refractivity contribution in [1.29, 1.82) is 0 Å². The molecule has 2 heterocycles. The van der Waals surface area contributed by atoms with Crippen LogP contribution in [0.1, 0.15) is 28.9 Å². The average Bonchev–Trinajstić information content (AvgIpc) is 3.42. The van der Waals surface area contributed by atoms with Crippen molar-refractivity contribution in [2.75, 3.05) is 33.3 Å². The molecule has 31 heavy (non-hydrogen) atoms. The summed E-state index contributed by atoms with van der Waals surface area (Å²) in [6, 6.07) is 17.5. The number of nitrogens with zero attached hydrogens (tertiary/aromatic N) is 2. The number of aromatic nitrogens is 1. The SMILES string of the molecule is COc1cccc(-n2c(-c3ccc(Cl)cc3)cc(C(=O)NCCN3CCCC3)c2C)c1. The molecule has 1 saturated heterocycles. The zero-order valence-electron chi connectivity index (χ0n) is 18.0. The zero-order chi connectivity index (χ0) is 21.8. The van der Waals surface area contributed by atoms with Crippen LogP contribution in [0.2, 0.25) is 5.02 Å². The molecular weight excluding hydrogens is 410 g/mol. The van der Waals surface area contributed by atoms with E-state index in [1.807, 2.05) is 61.5 Å². The number of nitrogens with one attached hydrogen (secondary N) is 1. The van der Waals surface area contributed by atoms with Crippen molar-refractivity contribution in [3.8, 4) is 22.7 Å². The van der Waals surface area contributed by atoms with Gasteiger partial charge in [-0.25, -0.2) is 0 Å². The van der Waals surface area contributed by atoms with Gasteiger partial charge in [-0.1, -0.05) is 29.8 Å². The van der Waals surface area contributed by atoms with E-state index >= 15 is 0 Å². The summed E-state index contributed by atoms with van der Waals surface area (Å²) in [4.78, 5) is 15.5. The second-order valence-corrected chi connectivity index (χ2v) is 8.31. The van der Waals surface area contributed by atoms with Crippen molar-refractivity contribution in [1.82, 2.24) is 14.8 Å². The maximum absolute atomic E-state index is 13.1. The van der Waals surface area contributed by atoms with Crippen LogP contribution in [0.5, 0.6) is 5.75 Å². The van der Waals surface area contributed by atoms with E-state index in [0.29, 0.717) is 17.1 Å². The van der Waals surface area contributed by atoms with Crippen molar-refractivity contribution < 1.29 is 9.53 Å². The third-order valence-corrected chi connectivity index (χ3v) is 6.11. The summed E-state index contributed by atoms with van der Waals surface area (Å²) < 4.78 is 7.52. The molecule has 1 aliphatic rings. The van der Waals surface area contributed by atoms with E-state index < -0.39 is 0 Å². The van der Waals surface area contributed by atoms with Crippen molar-refractivity contribution >= 4 is 17.5 Å². The maximum Gasteiger partial charge on any atom is 0.253 e. The number of hydrogen-bond acceptors (Lipinski definition) is 3. The molecule has 1 aliphatic heterocycles. The molecule has 1 aromatic heterocycles. The number of rotatable bonds is 7. The molecule has 3 aromatic rings. The van der Waals surface area contributed by atoms with Crippen LogP contribution in [0.4, 0.5) is 0 Å². The van der Waals surface area contributed by atoms with Gasteiger partial charge in [0.05, 0.1) is 18.4 Å². The Morgan fingerprint density at radius 2 is 1.84 bits per heavy atom. The molecule has 2 aromatic carbocycles. The van der Waals surface area contributed by atoms with Gasteiger partial charge in [-0.05, 0) is 68.8 Å². The summed E-state index contributed by atoms with van der Waals surface area (Å²) in [5.74, 6) is 0.720. The maximum atomic E-state index is 13.1. The summed E-state index contributed by atoms with van der Waals surface area (Å²) in [6.07, 6.45) is 2.50. The molecule has 0 bridgehead atoms. The third-order valence-electron chi connectivity index (χ3n) is 5.86. The first-order valence-corrected chi connectivity index (χ1v) is 11.1. The Morgan fingerprint density at radius 1 is 1.10 bits per heavy atom. The van der Waals surface area contributed by atoms with Gasteiger partial charge >= 0.3 is 0 Å². The molecule has 1 amide bonds. The summed E-state index contributed by atoms with van der Waals surface area (Å²) in [6.45, 7) is 5.78. The summed E-state index contributed by atoms with van der Waals surface area (Å²) in [5, 5.41) is 3.78. The monoisotopic (exact) mass is 437 g/mol. The Bertz CT molecular complexity index is 1050. The number of carbonyl (C=O) groups is 1. The molecule has 6 heteroatoms. The zero-order valence-corrected chi connectivity index (χ0v) is 18.8. The van der Waals surface area contributed by atoms with Crippen LogP contribution >= 0.6 is 11.6 Å². The Labute approximate surface area is 188 Å². The van der Waals surface area contributed by atoms with Crippen molar-refractivity contribution in [3.63, 3.8) is 0 Å². The van der Waals surface area contributed by atoms with Crippen LogP contribution in [0.3, 0.4) is 0 Å². The first-order valence-electron chi connectivity index (χ1n) is 10.7. The molecule has 0 atom stereocenters. The van der Waals surface area contributed by atoms with Gasteiger partial charge in [0, 0.05) is 35.6 Å². The number of amides is 1. The molecule has 1 fully saturated rings. The quantitative estimate of drug-likeness (QED) is 0.569. The lowest BCUT2D eigenvalue weighted by Crippen LogP contribution is -2.33. The Morgan fingerprint density at radius 3 is 2.55 bits per heavy atom. The van der Waals surface area contributed by atoms with E-state index in [4.69, 9.17) is 16.3 Å². The van der Waals surface area contributed by atoms with E-state index in [0.717, 1.165) is 48.0 Å². The van der Waals surface area contributed by atoms with Gasteiger partial charge in [0.1, 0.15) is 5.75 Å². The predicted octanol–water partition coefficient (Wildman–Crippen LogP) is 4.94. The molecule has 4 rings (SSSR count). The topological polar surface area (TPSA) is 46.5 Å². The van der Waals surface area contributed by atoms with Gasteiger partial charge in [-0.15, -0.1) is 0 Å². The smallest absolute Gasteiger partial charge is 0.253 e. The molecule has 0 spiro atoms. The minimum Gasteiger partial charge on any atom is -0.497 e. The molecule has 162 valence electrons. The van der Waals surface area contributed by atoms with Crippen molar-refractivity contribution in [2.45, 2.75) is 19.8 Å². The van der Waals surface area contributed by atoms with Crippen molar-refractivity contribution in [2.24, 2.45) is 0 Å². The molecule has 1 N–H and O–H groups in total. The minimum absolute atomic E-state index is 0.0476. The predicted molar refractivity (Wildman–Crippen MR) is 126 cm³/mol. The highest BCUT2D eigenvalue weighted by molar-refractivity contribution is 6.30. The van der Waals surface area contributed by atoms with E-state index in [1.165, 1.54) is 12.8 Å². The molecule has 0 aliphatic carbocycles. The van der Waals surface area contributed by atoms with Crippen LogP contribution in [-0.2, 0) is 0 Å². The fraction of sp³-hybridized carbons (Fsp3) is 0.320. The van der Waals surface area contributed by atoms with E-state index in [9.17, 15) is 4.79 Å². The highest BCUT2D eigenvalue weighted by atomic mass is 35.5. The fourth-order valence-electron chi connectivity index (χ4n) is 4.18. The van der Waals surface area contributed by atoms with Crippen LogP contribution in [0, 0.1) is 6.92 Å². The second-order valence-electron chi connectivity index (χ2n) is 7.88. The summed E-state index contributed by atoms with van der Waals surface area (Å²) in [7, 11) is 1.65. The summed E-state index contributed by atoms with van der Waals surface area (Å²) >= 11 is 6.10. The highest BCUT2D eigenvalue weighted by Gasteiger charge is 2.20. The number of carbonyl (C=O) groups excluding carboxylic acids is 1. The standard InChI is InChI=1S/C25H28ClN3O2/c1-18-23(25(30)27-12-15-28-13-3-4-14-28)17-24(19-8-10-20(26)11-9-19)29(18)21-6-5-7-22(16-21)31-2/h5-11,16-17H,3-4,12-15H2,1-2H3,(H,27,30). The lowest BCUT2D eigenvalue weighted by molar-refractivity contribution is 0.0949. The normalized spacial score (nSPS) is 14.0. The summed E-state index contributed by atoms with van der Waals surface area (Å²) in [5.41, 5.74) is 4.43. The Kier molecular flexibility index (Phi) is 6.64. The van der Waals surface area contributed by atoms with Gasteiger partial charge in [0.25, 0.3) is 5.91 Å². The van der Waals surface area contributed by atoms with E-state index in [-0.39, 0.29) is 5.91 Å². The molecular formula is C25H28ClN3O2. The van der Waals surface area contributed by atoms with Crippen LogP contribution in [0.15, 0.2) is 54.6 Å². The Hall–Kier alpha value is -2.76. The van der Waals surface area contributed by atoms with E-state index in [1.54, 1.807) is 7.11 Å². The van der Waals surface area contributed by atoms with Gasteiger partial charge < -0.3 is 19.5 Å². The number of likely N-dealkylation sites (tertiary alicyclic amines) is 1. The molecule has 5 nitrogen and oxygen atoms in total. The van der Waals surface area contributed by atoms with Gasteiger partial charge in [-0.3, -0.25) is 4.79 Å². The van der Waals surface area contributed by atoms with E-state index in [2.05, 4.69) is 14.8 Å². The van der Waals surface area contributed by atoms with Gasteiger partial charge in [-0.2, -0.15) is 0 Å². The number of hydrogen-bond donors (Lipinski definition) is 1. The molecule has 0 unspecified atom stereocenters. The van der Waals surface area contributed by atoms with Crippen LogP contribution < -0.4 is 10.1 Å². The number of ether oxygens (including phenoxy) is 1. The van der Waals surface area contributed by atoms with Crippen molar-refractivity contribution in [3.05, 3.63) is 70.9 Å². The highest BCUT2D eigenvalue weighted by Crippen LogP contribution is 2.31. The number of benzene rings is 2. The fourth-order valence-corrected chi connectivity index (χ4v) is 4.31. The molecule has 0 radical (unpaired) electrons. The van der Waals surface area contributed by atoms with Gasteiger partial charge in [0.2, 0.25) is 0 Å². The lowest BCUT2D eigenvalue weighted by Gasteiger charge is -2.15. The lowest BCUT2D eigenvalue weighted by atomic mass is 10.1. The number of halogens is 1. The van der Waals surface area contributed by atoms with Crippen LogP contribution in [-0.4, -0.2) is 48.7 Å². The second kappa shape index (κ2) is 9.58.